The molecule has 6 heteroatoms. The smallest absolute Gasteiger partial charge is 0.316 e. The number of hydrogen-bond donors (Lipinski definition) is 3. The van der Waals surface area contributed by atoms with Crippen LogP contribution in [0.1, 0.15) is 40.0 Å². The van der Waals surface area contributed by atoms with Crippen molar-refractivity contribution in [2.24, 2.45) is 11.3 Å². The molecule has 2 amide bonds. The first-order valence-corrected chi connectivity index (χ1v) is 6.51. The summed E-state index contributed by atoms with van der Waals surface area (Å²) < 4.78 is 0. The van der Waals surface area contributed by atoms with E-state index in [9.17, 15) is 14.4 Å². The fourth-order valence-electron chi connectivity index (χ4n) is 1.80. The number of carbonyl (C=O) groups excluding carboxylic acids is 2. The summed E-state index contributed by atoms with van der Waals surface area (Å²) in [4.78, 5) is 34.3. The summed E-state index contributed by atoms with van der Waals surface area (Å²) in [6.07, 6.45) is 2.21. The van der Waals surface area contributed by atoms with Crippen LogP contribution in [0, 0.1) is 11.3 Å². The van der Waals surface area contributed by atoms with Crippen LogP contribution in [0.15, 0.2) is 0 Å². The van der Waals surface area contributed by atoms with Crippen molar-refractivity contribution in [2.75, 3.05) is 6.54 Å². The van der Waals surface area contributed by atoms with Gasteiger partial charge in [-0.15, -0.1) is 0 Å². The maximum Gasteiger partial charge on any atom is 0.316 e. The highest BCUT2D eigenvalue weighted by molar-refractivity contribution is 5.97. The summed E-state index contributed by atoms with van der Waals surface area (Å²) >= 11 is 0. The average Bonchev–Trinajstić information content (AvgIpc) is 2.98. The van der Waals surface area contributed by atoms with Gasteiger partial charge in [0, 0.05) is 19.0 Å². The lowest BCUT2D eigenvalue weighted by atomic mass is 9.80. The number of carboxylic acid groups (broad SMARTS) is 1. The van der Waals surface area contributed by atoms with Gasteiger partial charge in [-0.1, -0.05) is 20.8 Å². The lowest BCUT2D eigenvalue weighted by molar-refractivity contribution is -0.151. The van der Waals surface area contributed by atoms with Crippen molar-refractivity contribution in [3.63, 3.8) is 0 Å². The lowest BCUT2D eigenvalue weighted by Crippen LogP contribution is -2.43. The summed E-state index contributed by atoms with van der Waals surface area (Å²) in [6, 6.07) is 0.296. The Morgan fingerprint density at radius 1 is 1.26 bits per heavy atom. The van der Waals surface area contributed by atoms with E-state index in [4.69, 9.17) is 5.11 Å². The van der Waals surface area contributed by atoms with Crippen molar-refractivity contribution in [3.05, 3.63) is 0 Å². The summed E-state index contributed by atoms with van der Waals surface area (Å²) in [5.41, 5.74) is -0.661. The summed E-state index contributed by atoms with van der Waals surface area (Å²) in [6.45, 7) is 5.26. The second-order valence-electron chi connectivity index (χ2n) is 6.02. The Hall–Kier alpha value is -1.59. The molecule has 1 fully saturated rings. The Balaban J connectivity index is 2.35. The largest absolute Gasteiger partial charge is 0.481 e. The SMILES string of the molecule is CC(C)(C)C(C(=O)O)C(=O)NCCC(=O)NC1CC1. The van der Waals surface area contributed by atoms with E-state index in [2.05, 4.69) is 10.6 Å². The molecule has 0 aromatic carbocycles. The zero-order chi connectivity index (χ0) is 14.6. The first-order chi connectivity index (χ1) is 8.71. The molecule has 6 nitrogen and oxygen atoms in total. The molecular weight excluding hydrogens is 248 g/mol. The molecule has 0 spiro atoms. The summed E-state index contributed by atoms with van der Waals surface area (Å²) in [5, 5.41) is 14.4. The molecule has 0 aliphatic heterocycles. The third-order valence-corrected chi connectivity index (χ3v) is 2.97. The van der Waals surface area contributed by atoms with Crippen LogP contribution >= 0.6 is 0 Å². The molecule has 0 aromatic heterocycles. The van der Waals surface area contributed by atoms with E-state index in [1.54, 1.807) is 20.8 Å². The number of carboxylic acids is 1. The Morgan fingerprint density at radius 3 is 2.26 bits per heavy atom. The van der Waals surface area contributed by atoms with Crippen LogP contribution in [-0.4, -0.2) is 35.5 Å². The van der Waals surface area contributed by atoms with Gasteiger partial charge in [-0.3, -0.25) is 14.4 Å². The molecule has 108 valence electrons. The fraction of sp³-hybridized carbons (Fsp3) is 0.769. The van der Waals surface area contributed by atoms with E-state index in [0.717, 1.165) is 12.8 Å². The summed E-state index contributed by atoms with van der Waals surface area (Å²) in [7, 11) is 0. The van der Waals surface area contributed by atoms with E-state index in [-0.39, 0.29) is 18.9 Å². The molecule has 1 saturated carbocycles. The van der Waals surface area contributed by atoms with Crippen molar-refractivity contribution < 1.29 is 19.5 Å². The first-order valence-electron chi connectivity index (χ1n) is 6.51. The van der Waals surface area contributed by atoms with Crippen LogP contribution in [-0.2, 0) is 14.4 Å². The minimum atomic E-state index is -1.15. The topological polar surface area (TPSA) is 95.5 Å². The maximum atomic E-state index is 11.8. The Kier molecular flexibility index (Phi) is 4.91. The van der Waals surface area contributed by atoms with Gasteiger partial charge < -0.3 is 15.7 Å². The number of rotatable bonds is 6. The fourth-order valence-corrected chi connectivity index (χ4v) is 1.80. The number of amides is 2. The van der Waals surface area contributed by atoms with E-state index in [0.29, 0.717) is 6.04 Å². The van der Waals surface area contributed by atoms with Gasteiger partial charge in [-0.05, 0) is 18.3 Å². The highest BCUT2D eigenvalue weighted by Gasteiger charge is 2.37. The van der Waals surface area contributed by atoms with Crippen LogP contribution in [0.2, 0.25) is 0 Å². The average molecular weight is 270 g/mol. The molecule has 0 aromatic rings. The first kappa shape index (κ1) is 15.5. The highest BCUT2D eigenvalue weighted by Crippen LogP contribution is 2.26. The van der Waals surface area contributed by atoms with Crippen molar-refractivity contribution in [2.45, 2.75) is 46.1 Å². The molecule has 1 unspecified atom stereocenters. The van der Waals surface area contributed by atoms with Gasteiger partial charge in [0.2, 0.25) is 11.8 Å². The number of hydrogen-bond acceptors (Lipinski definition) is 3. The van der Waals surface area contributed by atoms with E-state index in [1.165, 1.54) is 0 Å². The third-order valence-electron chi connectivity index (χ3n) is 2.97. The van der Waals surface area contributed by atoms with Crippen molar-refractivity contribution >= 4 is 17.8 Å². The monoisotopic (exact) mass is 270 g/mol. The number of carbonyl (C=O) groups is 3. The van der Waals surface area contributed by atoms with E-state index in [1.807, 2.05) is 0 Å². The summed E-state index contributed by atoms with van der Waals surface area (Å²) in [5.74, 6) is -2.91. The number of nitrogens with one attached hydrogen (secondary N) is 2. The molecular formula is C13H22N2O4. The van der Waals surface area contributed by atoms with Crippen molar-refractivity contribution in [3.8, 4) is 0 Å². The van der Waals surface area contributed by atoms with Crippen LogP contribution in [0.4, 0.5) is 0 Å². The number of aliphatic carboxylic acids is 1. The highest BCUT2D eigenvalue weighted by atomic mass is 16.4. The zero-order valence-corrected chi connectivity index (χ0v) is 11.7. The third kappa shape index (κ3) is 5.28. The van der Waals surface area contributed by atoms with Gasteiger partial charge in [0.05, 0.1) is 0 Å². The predicted molar refractivity (Wildman–Crippen MR) is 69.4 cm³/mol. The molecule has 3 N–H and O–H groups in total. The van der Waals surface area contributed by atoms with E-state index >= 15 is 0 Å². The predicted octanol–water partition coefficient (Wildman–Crippen LogP) is 0.518. The molecule has 19 heavy (non-hydrogen) atoms. The van der Waals surface area contributed by atoms with Crippen molar-refractivity contribution in [1.82, 2.24) is 10.6 Å². The molecule has 1 aliphatic rings. The molecule has 1 rings (SSSR count). The zero-order valence-electron chi connectivity index (χ0n) is 11.7. The van der Waals surface area contributed by atoms with Crippen LogP contribution < -0.4 is 10.6 Å². The normalized spacial score (nSPS) is 16.6. The van der Waals surface area contributed by atoms with Crippen LogP contribution in [0.5, 0.6) is 0 Å². The van der Waals surface area contributed by atoms with Crippen molar-refractivity contribution in [1.29, 1.82) is 0 Å². The van der Waals surface area contributed by atoms with E-state index < -0.39 is 23.2 Å². The second-order valence-corrected chi connectivity index (χ2v) is 6.02. The lowest BCUT2D eigenvalue weighted by Gasteiger charge is -2.25. The molecule has 1 atom stereocenters. The Labute approximate surface area is 112 Å². The Morgan fingerprint density at radius 2 is 1.84 bits per heavy atom. The second kappa shape index (κ2) is 6.04. The van der Waals surface area contributed by atoms with Crippen LogP contribution in [0.25, 0.3) is 0 Å². The minimum Gasteiger partial charge on any atom is -0.481 e. The maximum absolute atomic E-state index is 11.8. The molecule has 0 bridgehead atoms. The molecule has 0 saturated heterocycles. The van der Waals surface area contributed by atoms with Crippen LogP contribution in [0.3, 0.4) is 0 Å². The van der Waals surface area contributed by atoms with Gasteiger partial charge in [0.15, 0.2) is 0 Å². The Bertz CT molecular complexity index is 369. The van der Waals surface area contributed by atoms with Gasteiger partial charge in [-0.2, -0.15) is 0 Å². The molecule has 0 radical (unpaired) electrons. The van der Waals surface area contributed by atoms with Gasteiger partial charge in [0.25, 0.3) is 0 Å². The minimum absolute atomic E-state index is 0.106. The molecule has 1 aliphatic carbocycles. The quantitative estimate of drug-likeness (QED) is 0.613. The van der Waals surface area contributed by atoms with Gasteiger partial charge in [-0.25, -0.2) is 0 Å². The van der Waals surface area contributed by atoms with Gasteiger partial charge >= 0.3 is 5.97 Å². The molecule has 0 heterocycles. The standard InChI is InChI=1S/C13H22N2O4/c1-13(2,3)10(12(18)19)11(17)14-7-6-9(16)15-8-4-5-8/h8,10H,4-7H2,1-3H3,(H,14,17)(H,15,16)(H,18,19). The van der Waals surface area contributed by atoms with Gasteiger partial charge in [0.1, 0.15) is 5.92 Å².